The number of rotatable bonds is 4. The summed E-state index contributed by atoms with van der Waals surface area (Å²) in [6.45, 7) is 0. The van der Waals surface area contributed by atoms with Crippen molar-refractivity contribution in [3.05, 3.63) is 65.7 Å². The highest BCUT2D eigenvalue weighted by Crippen LogP contribution is 2.33. The number of benzene rings is 2. The van der Waals surface area contributed by atoms with Gasteiger partial charge in [0.25, 0.3) is 0 Å². The highest BCUT2D eigenvalue weighted by molar-refractivity contribution is 7.91. The molecule has 3 rings (SSSR count). The number of hydrogen-bond acceptors (Lipinski definition) is 3. The van der Waals surface area contributed by atoms with Crippen molar-refractivity contribution in [2.45, 2.75) is 25.1 Å². The monoisotopic (exact) mass is 397 g/mol. The number of sulfone groups is 1. The van der Waals surface area contributed by atoms with E-state index in [1.165, 1.54) is 17.0 Å². The summed E-state index contributed by atoms with van der Waals surface area (Å²) in [6.07, 6.45) is -4.36. The lowest BCUT2D eigenvalue weighted by Crippen LogP contribution is -2.42. The van der Waals surface area contributed by atoms with E-state index < -0.39 is 33.5 Å². The molecule has 1 saturated heterocycles. The molecule has 1 amide bonds. The molecule has 0 aromatic heterocycles. The van der Waals surface area contributed by atoms with Crippen LogP contribution in [-0.2, 0) is 27.2 Å². The van der Waals surface area contributed by atoms with Crippen LogP contribution in [0.15, 0.2) is 54.6 Å². The molecule has 1 atom stereocenters. The molecule has 1 aliphatic heterocycles. The maximum Gasteiger partial charge on any atom is 0.416 e. The normalized spacial score (nSPS) is 19.0. The van der Waals surface area contributed by atoms with Crippen LogP contribution in [0.5, 0.6) is 0 Å². The van der Waals surface area contributed by atoms with Crippen LogP contribution in [0.2, 0.25) is 0 Å². The number of halogens is 3. The number of hydrogen-bond donors (Lipinski definition) is 0. The molecule has 144 valence electrons. The smallest absolute Gasteiger partial charge is 0.308 e. The minimum Gasteiger partial charge on any atom is -0.308 e. The predicted octanol–water partition coefficient (Wildman–Crippen LogP) is 3.47. The third-order valence-corrected chi connectivity index (χ3v) is 6.24. The molecule has 4 nitrogen and oxygen atoms in total. The molecule has 0 radical (unpaired) electrons. The molecule has 2 aromatic rings. The number of nitrogens with zero attached hydrogens (tertiary/aromatic N) is 1. The van der Waals surface area contributed by atoms with Crippen molar-refractivity contribution in [3.8, 4) is 0 Å². The Labute approximate surface area is 155 Å². The topological polar surface area (TPSA) is 54.5 Å². The lowest BCUT2D eigenvalue weighted by molar-refractivity contribution is -0.137. The van der Waals surface area contributed by atoms with Gasteiger partial charge in [0.2, 0.25) is 5.91 Å². The molecule has 1 fully saturated rings. The zero-order valence-electron chi connectivity index (χ0n) is 14.3. The molecule has 0 aliphatic carbocycles. The van der Waals surface area contributed by atoms with E-state index in [9.17, 15) is 26.4 Å². The average Bonchev–Trinajstić information content (AvgIpc) is 2.95. The Balaban J connectivity index is 1.96. The van der Waals surface area contributed by atoms with Gasteiger partial charge in [-0.1, -0.05) is 36.4 Å². The van der Waals surface area contributed by atoms with Crippen LogP contribution < -0.4 is 4.90 Å². The van der Waals surface area contributed by atoms with E-state index in [0.717, 1.165) is 12.1 Å². The van der Waals surface area contributed by atoms with Gasteiger partial charge in [0, 0.05) is 5.69 Å². The lowest BCUT2D eigenvalue weighted by atomic mass is 10.1. The lowest BCUT2D eigenvalue weighted by Gasteiger charge is -2.29. The Kier molecular flexibility index (Phi) is 5.28. The molecule has 1 heterocycles. The van der Waals surface area contributed by atoms with Gasteiger partial charge in [0.15, 0.2) is 9.84 Å². The molecule has 8 heteroatoms. The van der Waals surface area contributed by atoms with Crippen molar-refractivity contribution < 1.29 is 26.4 Å². The van der Waals surface area contributed by atoms with Gasteiger partial charge in [-0.25, -0.2) is 8.42 Å². The average molecular weight is 397 g/mol. The number of anilines is 1. The molecule has 27 heavy (non-hydrogen) atoms. The highest BCUT2D eigenvalue weighted by Gasteiger charge is 2.37. The first-order valence-corrected chi connectivity index (χ1v) is 10.2. The summed E-state index contributed by atoms with van der Waals surface area (Å²) in [5.41, 5.74) is -0.105. The summed E-state index contributed by atoms with van der Waals surface area (Å²) in [7, 11) is -3.31. The van der Waals surface area contributed by atoms with Crippen LogP contribution in [-0.4, -0.2) is 31.9 Å². The first-order valence-electron chi connectivity index (χ1n) is 8.39. The largest absolute Gasteiger partial charge is 0.416 e. The van der Waals surface area contributed by atoms with Gasteiger partial charge in [-0.2, -0.15) is 13.2 Å². The molecular formula is C19H18F3NO3S. The molecule has 0 saturated carbocycles. The van der Waals surface area contributed by atoms with Crippen LogP contribution in [0, 0.1) is 0 Å². The number of carbonyl (C=O) groups excluding carboxylic acids is 1. The van der Waals surface area contributed by atoms with Crippen LogP contribution in [0.1, 0.15) is 17.5 Å². The molecule has 0 N–H and O–H groups in total. The third kappa shape index (κ3) is 4.68. The third-order valence-electron chi connectivity index (χ3n) is 4.49. The van der Waals surface area contributed by atoms with E-state index in [2.05, 4.69) is 0 Å². The van der Waals surface area contributed by atoms with Crippen molar-refractivity contribution >= 4 is 21.4 Å². The first-order chi connectivity index (χ1) is 12.7. The van der Waals surface area contributed by atoms with Crippen molar-refractivity contribution in [2.24, 2.45) is 0 Å². The van der Waals surface area contributed by atoms with E-state index in [1.807, 2.05) is 0 Å². The highest BCUT2D eigenvalue weighted by atomic mass is 32.2. The Hall–Kier alpha value is -2.35. The van der Waals surface area contributed by atoms with E-state index in [1.54, 1.807) is 30.3 Å². The fraction of sp³-hybridized carbons (Fsp3) is 0.316. The molecule has 1 aliphatic rings. The van der Waals surface area contributed by atoms with Crippen molar-refractivity contribution in [1.29, 1.82) is 0 Å². The van der Waals surface area contributed by atoms with Crippen molar-refractivity contribution in [1.82, 2.24) is 0 Å². The molecule has 0 bridgehead atoms. The standard InChI is InChI=1S/C19H18F3NO3S/c20-19(21,22)15-7-4-8-16(12-15)23(17-9-10-27(25,26)13-17)18(24)11-14-5-2-1-3-6-14/h1-8,12,17H,9-11,13H2. The SMILES string of the molecule is O=C(Cc1ccccc1)N(c1cccc(C(F)(F)F)c1)C1CCS(=O)(=O)C1. The van der Waals surface area contributed by atoms with Gasteiger partial charge in [-0.05, 0) is 30.2 Å². The quantitative estimate of drug-likeness (QED) is 0.794. The van der Waals surface area contributed by atoms with E-state index >= 15 is 0 Å². The van der Waals surface area contributed by atoms with Crippen LogP contribution in [0.4, 0.5) is 18.9 Å². The van der Waals surface area contributed by atoms with Gasteiger partial charge in [-0.3, -0.25) is 4.79 Å². The Bertz CT molecular complexity index is 927. The zero-order chi connectivity index (χ0) is 19.7. The van der Waals surface area contributed by atoms with Crippen molar-refractivity contribution in [3.63, 3.8) is 0 Å². The molecule has 0 spiro atoms. The molecular weight excluding hydrogens is 379 g/mol. The first kappa shape index (κ1) is 19.4. The van der Waals surface area contributed by atoms with Crippen LogP contribution >= 0.6 is 0 Å². The Morgan fingerprint density at radius 1 is 1.07 bits per heavy atom. The summed E-state index contributed by atoms with van der Waals surface area (Å²) in [5, 5.41) is 0. The Morgan fingerprint density at radius 3 is 2.37 bits per heavy atom. The molecule has 1 unspecified atom stereocenters. The molecule has 2 aromatic carbocycles. The van der Waals surface area contributed by atoms with Gasteiger partial charge in [0.05, 0.1) is 29.5 Å². The maximum absolute atomic E-state index is 13.1. The summed E-state index contributed by atoms with van der Waals surface area (Å²) in [4.78, 5) is 14.1. The maximum atomic E-state index is 13.1. The van der Waals surface area contributed by atoms with Gasteiger partial charge >= 0.3 is 6.18 Å². The zero-order valence-corrected chi connectivity index (χ0v) is 15.1. The van der Waals surface area contributed by atoms with Gasteiger partial charge < -0.3 is 4.90 Å². The van der Waals surface area contributed by atoms with Crippen molar-refractivity contribution in [2.75, 3.05) is 16.4 Å². The summed E-state index contributed by atoms with van der Waals surface area (Å²) in [6, 6.07) is 12.6. The Morgan fingerprint density at radius 2 is 1.78 bits per heavy atom. The second-order valence-electron chi connectivity index (χ2n) is 6.53. The number of alkyl halides is 3. The minimum absolute atomic E-state index is 0.0202. The summed E-state index contributed by atoms with van der Waals surface area (Å²) >= 11 is 0. The van der Waals surface area contributed by atoms with E-state index in [-0.39, 0.29) is 30.0 Å². The van der Waals surface area contributed by atoms with E-state index in [4.69, 9.17) is 0 Å². The predicted molar refractivity (Wildman–Crippen MR) is 96.1 cm³/mol. The summed E-state index contributed by atoms with van der Waals surface area (Å²) < 4.78 is 63.0. The van der Waals surface area contributed by atoms with Crippen LogP contribution in [0.25, 0.3) is 0 Å². The fourth-order valence-corrected chi connectivity index (χ4v) is 4.93. The summed E-state index contributed by atoms with van der Waals surface area (Å²) in [5.74, 6) is -0.752. The van der Waals surface area contributed by atoms with Crippen LogP contribution in [0.3, 0.4) is 0 Å². The van der Waals surface area contributed by atoms with Gasteiger partial charge in [-0.15, -0.1) is 0 Å². The second kappa shape index (κ2) is 7.34. The number of amides is 1. The minimum atomic E-state index is -4.55. The fourth-order valence-electron chi connectivity index (χ4n) is 3.23. The van der Waals surface area contributed by atoms with E-state index in [0.29, 0.717) is 5.56 Å². The van der Waals surface area contributed by atoms with Gasteiger partial charge in [0.1, 0.15) is 0 Å². The second-order valence-corrected chi connectivity index (χ2v) is 8.76. The number of carbonyl (C=O) groups is 1.